The number of hydrogen-bond donors (Lipinski definition) is 1. The first kappa shape index (κ1) is 12.4. The largest absolute Gasteiger partial charge is 0.497 e. The van der Waals surface area contributed by atoms with Crippen molar-refractivity contribution in [3.05, 3.63) is 34.8 Å². The first-order chi connectivity index (χ1) is 8.22. The van der Waals surface area contributed by atoms with E-state index in [1.165, 1.54) is 0 Å². The molecule has 17 heavy (non-hydrogen) atoms. The topological polar surface area (TPSA) is 48.1 Å². The Balaban J connectivity index is 2.29. The van der Waals surface area contributed by atoms with Gasteiger partial charge in [0.15, 0.2) is 4.34 Å². The number of nitrogens with zero attached hydrogens (tertiary/aromatic N) is 1. The fourth-order valence-corrected chi connectivity index (χ4v) is 3.36. The van der Waals surface area contributed by atoms with Gasteiger partial charge in [-0.3, -0.25) is 0 Å². The molecule has 0 fully saturated rings. The van der Waals surface area contributed by atoms with Gasteiger partial charge in [0.25, 0.3) is 0 Å². The molecule has 1 heterocycles. The maximum Gasteiger partial charge on any atom is 0.154 e. The lowest BCUT2D eigenvalue weighted by atomic mass is 10.2. The Morgan fingerprint density at radius 3 is 2.88 bits per heavy atom. The SMILES string of the molecule is COc1ccc(CN)c(Sc2nc(C)cs2)c1. The zero-order valence-electron chi connectivity index (χ0n) is 9.77. The van der Waals surface area contributed by atoms with Crippen molar-refractivity contribution in [3.8, 4) is 5.75 Å². The quantitative estimate of drug-likeness (QED) is 0.924. The number of aryl methyl sites for hydroxylation is 1. The molecule has 2 aromatic rings. The number of rotatable bonds is 4. The van der Waals surface area contributed by atoms with Gasteiger partial charge in [0.1, 0.15) is 5.75 Å². The van der Waals surface area contributed by atoms with Crippen LogP contribution in [0.3, 0.4) is 0 Å². The van der Waals surface area contributed by atoms with Crippen LogP contribution in [0.5, 0.6) is 5.75 Å². The van der Waals surface area contributed by atoms with Crippen molar-refractivity contribution in [2.75, 3.05) is 7.11 Å². The summed E-state index contributed by atoms with van der Waals surface area (Å²) in [5, 5.41) is 2.05. The molecule has 1 aromatic carbocycles. The Bertz CT molecular complexity index is 511. The van der Waals surface area contributed by atoms with Crippen molar-refractivity contribution in [1.29, 1.82) is 0 Å². The predicted octanol–water partition coefficient (Wildman–Crippen LogP) is 3.07. The van der Waals surface area contributed by atoms with Crippen LogP contribution in [-0.2, 0) is 6.54 Å². The molecule has 0 radical (unpaired) electrons. The number of thiazole rings is 1. The average Bonchev–Trinajstić information content (AvgIpc) is 2.74. The van der Waals surface area contributed by atoms with Crippen molar-refractivity contribution in [1.82, 2.24) is 4.98 Å². The van der Waals surface area contributed by atoms with Crippen LogP contribution in [0.4, 0.5) is 0 Å². The summed E-state index contributed by atoms with van der Waals surface area (Å²) in [5.74, 6) is 0.845. The summed E-state index contributed by atoms with van der Waals surface area (Å²) in [6.07, 6.45) is 0. The number of benzene rings is 1. The Hall–Kier alpha value is -1.04. The van der Waals surface area contributed by atoms with Crippen molar-refractivity contribution in [2.45, 2.75) is 22.7 Å². The summed E-state index contributed by atoms with van der Waals surface area (Å²) in [5.41, 5.74) is 7.90. The molecule has 0 saturated heterocycles. The molecule has 0 spiro atoms. The fraction of sp³-hybridized carbons (Fsp3) is 0.250. The first-order valence-corrected chi connectivity index (χ1v) is 6.89. The van der Waals surface area contributed by atoms with Gasteiger partial charge in [-0.15, -0.1) is 11.3 Å². The molecule has 0 unspecified atom stereocenters. The van der Waals surface area contributed by atoms with Crippen molar-refractivity contribution in [2.24, 2.45) is 5.73 Å². The average molecular weight is 266 g/mol. The van der Waals surface area contributed by atoms with Gasteiger partial charge in [0.05, 0.1) is 7.11 Å². The van der Waals surface area contributed by atoms with Crippen LogP contribution in [0, 0.1) is 6.92 Å². The first-order valence-electron chi connectivity index (χ1n) is 5.20. The monoisotopic (exact) mass is 266 g/mol. The summed E-state index contributed by atoms with van der Waals surface area (Å²) in [4.78, 5) is 5.55. The molecule has 2 N–H and O–H groups in total. The van der Waals surface area contributed by atoms with Crippen LogP contribution in [-0.4, -0.2) is 12.1 Å². The van der Waals surface area contributed by atoms with Gasteiger partial charge in [0.2, 0.25) is 0 Å². The summed E-state index contributed by atoms with van der Waals surface area (Å²) in [7, 11) is 1.67. The van der Waals surface area contributed by atoms with E-state index in [2.05, 4.69) is 4.98 Å². The summed E-state index contributed by atoms with van der Waals surface area (Å²) < 4.78 is 6.26. The molecule has 0 aliphatic heterocycles. The second-order valence-corrected chi connectivity index (χ2v) is 5.68. The zero-order valence-corrected chi connectivity index (χ0v) is 11.4. The van der Waals surface area contributed by atoms with Gasteiger partial charge in [-0.2, -0.15) is 0 Å². The molecule has 1 aromatic heterocycles. The molecule has 0 amide bonds. The van der Waals surface area contributed by atoms with E-state index in [1.807, 2.05) is 30.5 Å². The number of ether oxygens (including phenoxy) is 1. The molecular formula is C12H14N2OS2. The van der Waals surface area contributed by atoms with Gasteiger partial charge in [-0.25, -0.2) is 4.98 Å². The highest BCUT2D eigenvalue weighted by atomic mass is 32.2. The predicted molar refractivity (Wildman–Crippen MR) is 71.9 cm³/mol. The maximum atomic E-state index is 5.73. The van der Waals surface area contributed by atoms with Crippen molar-refractivity contribution < 1.29 is 4.74 Å². The highest BCUT2D eigenvalue weighted by Gasteiger charge is 2.07. The van der Waals surface area contributed by atoms with Gasteiger partial charge in [-0.05, 0) is 24.6 Å². The van der Waals surface area contributed by atoms with E-state index in [0.717, 1.165) is 26.2 Å². The molecule has 3 nitrogen and oxygen atoms in total. The minimum Gasteiger partial charge on any atom is -0.497 e. The lowest BCUT2D eigenvalue weighted by Gasteiger charge is -2.08. The summed E-state index contributed by atoms with van der Waals surface area (Å²) in [6, 6.07) is 5.94. The summed E-state index contributed by atoms with van der Waals surface area (Å²) in [6.45, 7) is 2.52. The molecule has 0 aliphatic rings. The third kappa shape index (κ3) is 3.00. The van der Waals surface area contributed by atoms with Gasteiger partial charge in [0, 0.05) is 22.5 Å². The Labute approximate surface area is 109 Å². The lowest BCUT2D eigenvalue weighted by molar-refractivity contribution is 0.413. The van der Waals surface area contributed by atoms with E-state index < -0.39 is 0 Å². The standard InChI is InChI=1S/C12H14N2OS2/c1-8-7-16-12(14-8)17-11-5-10(15-2)4-3-9(11)6-13/h3-5,7H,6,13H2,1-2H3. The molecule has 90 valence electrons. The lowest BCUT2D eigenvalue weighted by Crippen LogP contribution is -1.98. The second kappa shape index (κ2) is 5.53. The van der Waals surface area contributed by atoms with Crippen LogP contribution in [0.2, 0.25) is 0 Å². The molecule has 0 aliphatic carbocycles. The van der Waals surface area contributed by atoms with Gasteiger partial charge >= 0.3 is 0 Å². The highest BCUT2D eigenvalue weighted by molar-refractivity contribution is 8.01. The molecule has 2 rings (SSSR count). The van der Waals surface area contributed by atoms with Crippen molar-refractivity contribution in [3.63, 3.8) is 0 Å². The number of nitrogens with two attached hydrogens (primary N) is 1. The molecule has 0 bridgehead atoms. The minimum atomic E-state index is 0.524. The zero-order chi connectivity index (χ0) is 12.3. The fourth-order valence-electron chi connectivity index (χ4n) is 1.40. The Kier molecular flexibility index (Phi) is 4.04. The van der Waals surface area contributed by atoms with E-state index in [-0.39, 0.29) is 0 Å². The van der Waals surface area contributed by atoms with Crippen LogP contribution >= 0.6 is 23.1 Å². The normalized spacial score (nSPS) is 10.5. The highest BCUT2D eigenvalue weighted by Crippen LogP contribution is 2.34. The minimum absolute atomic E-state index is 0.524. The van der Waals surface area contributed by atoms with Crippen LogP contribution in [0.1, 0.15) is 11.3 Å². The van der Waals surface area contributed by atoms with E-state index >= 15 is 0 Å². The summed E-state index contributed by atoms with van der Waals surface area (Å²) >= 11 is 3.28. The second-order valence-electron chi connectivity index (χ2n) is 3.53. The Morgan fingerprint density at radius 2 is 2.29 bits per heavy atom. The van der Waals surface area contributed by atoms with Crippen LogP contribution < -0.4 is 10.5 Å². The molecular weight excluding hydrogens is 252 g/mol. The third-order valence-electron chi connectivity index (χ3n) is 2.29. The van der Waals surface area contributed by atoms with E-state index in [0.29, 0.717) is 6.54 Å². The Morgan fingerprint density at radius 1 is 1.47 bits per heavy atom. The third-order valence-corrected chi connectivity index (χ3v) is 4.45. The van der Waals surface area contributed by atoms with E-state index in [4.69, 9.17) is 10.5 Å². The van der Waals surface area contributed by atoms with Crippen molar-refractivity contribution >= 4 is 23.1 Å². The van der Waals surface area contributed by atoms with E-state index in [1.54, 1.807) is 30.2 Å². The molecule has 0 atom stereocenters. The van der Waals surface area contributed by atoms with Gasteiger partial charge < -0.3 is 10.5 Å². The number of aromatic nitrogens is 1. The maximum absolute atomic E-state index is 5.73. The van der Waals surface area contributed by atoms with Crippen LogP contribution in [0.15, 0.2) is 32.8 Å². The van der Waals surface area contributed by atoms with Gasteiger partial charge in [-0.1, -0.05) is 17.8 Å². The number of methoxy groups -OCH3 is 1. The number of hydrogen-bond acceptors (Lipinski definition) is 5. The van der Waals surface area contributed by atoms with E-state index in [9.17, 15) is 0 Å². The molecule has 0 saturated carbocycles. The molecule has 5 heteroatoms. The smallest absolute Gasteiger partial charge is 0.154 e. The van der Waals surface area contributed by atoms with Crippen LogP contribution in [0.25, 0.3) is 0 Å².